The fourth-order valence-corrected chi connectivity index (χ4v) is 6.59. The number of halogens is 2. The molecule has 11 nitrogen and oxygen atoms in total. The number of carbonyl (C=O) groups is 3. The van der Waals surface area contributed by atoms with Crippen LogP contribution in [-0.4, -0.2) is 95.5 Å². The van der Waals surface area contributed by atoms with Gasteiger partial charge in [0.1, 0.15) is 12.1 Å². The number of amides is 2. The Bertz CT molecular complexity index is 1250. The summed E-state index contributed by atoms with van der Waals surface area (Å²) in [4.78, 5) is 46.5. The lowest BCUT2D eigenvalue weighted by atomic mass is 9.79. The van der Waals surface area contributed by atoms with Crippen molar-refractivity contribution in [3.05, 3.63) is 57.9 Å². The fourth-order valence-electron chi connectivity index (χ4n) is 5.73. The predicted molar refractivity (Wildman–Crippen MR) is 152 cm³/mol. The molecule has 0 spiro atoms. The van der Waals surface area contributed by atoms with Crippen LogP contribution in [0.4, 0.5) is 0 Å². The molecule has 0 aromatic heterocycles. The smallest absolute Gasteiger partial charge is 0.328 e. The van der Waals surface area contributed by atoms with Crippen molar-refractivity contribution in [1.29, 1.82) is 0 Å². The summed E-state index contributed by atoms with van der Waals surface area (Å²) >= 11 is 13.3. The average molecular weight is 591 g/mol. The van der Waals surface area contributed by atoms with Crippen LogP contribution in [-0.2, 0) is 14.4 Å². The van der Waals surface area contributed by atoms with E-state index in [9.17, 15) is 19.5 Å². The van der Waals surface area contributed by atoms with Gasteiger partial charge in [0, 0.05) is 62.8 Å². The van der Waals surface area contributed by atoms with Gasteiger partial charge < -0.3 is 25.5 Å². The topological polar surface area (TPSA) is 130 Å². The number of aliphatic carboxylic acids is 1. The first kappa shape index (κ1) is 28.3. The van der Waals surface area contributed by atoms with E-state index in [-0.39, 0.29) is 34.9 Å². The van der Waals surface area contributed by atoms with E-state index < -0.39 is 24.0 Å². The lowest BCUT2D eigenvalue weighted by Crippen LogP contribution is -2.52. The zero-order valence-corrected chi connectivity index (χ0v) is 23.7. The highest BCUT2D eigenvalue weighted by molar-refractivity contribution is 6.40. The van der Waals surface area contributed by atoms with Crippen molar-refractivity contribution in [3.63, 3.8) is 0 Å². The van der Waals surface area contributed by atoms with Gasteiger partial charge in [0.25, 0.3) is 5.91 Å². The number of guanidine groups is 1. The lowest BCUT2D eigenvalue weighted by molar-refractivity contribution is -0.141. The third-order valence-electron chi connectivity index (χ3n) is 7.82. The second-order valence-corrected chi connectivity index (χ2v) is 11.2. The molecule has 13 heteroatoms. The Kier molecular flexibility index (Phi) is 8.53. The highest BCUT2D eigenvalue weighted by Gasteiger charge is 2.40. The van der Waals surface area contributed by atoms with E-state index in [0.717, 1.165) is 31.6 Å². The summed E-state index contributed by atoms with van der Waals surface area (Å²) in [5.74, 6) is -1.64. The molecule has 40 heavy (non-hydrogen) atoms. The van der Waals surface area contributed by atoms with Gasteiger partial charge in [0.15, 0.2) is 5.96 Å². The average Bonchev–Trinajstić information content (AvgIpc) is 3.62. The third-order valence-corrected chi connectivity index (χ3v) is 8.60. The van der Waals surface area contributed by atoms with Crippen LogP contribution >= 0.6 is 23.2 Å². The van der Waals surface area contributed by atoms with E-state index in [0.29, 0.717) is 30.5 Å². The van der Waals surface area contributed by atoms with Gasteiger partial charge in [0.05, 0.1) is 16.3 Å². The van der Waals surface area contributed by atoms with Gasteiger partial charge in [0.2, 0.25) is 5.91 Å². The largest absolute Gasteiger partial charge is 0.480 e. The molecule has 0 aromatic carbocycles. The molecule has 0 saturated carbocycles. The molecule has 5 rings (SSSR count). The molecule has 214 valence electrons. The summed E-state index contributed by atoms with van der Waals surface area (Å²) in [6, 6.07) is -1.69. The Labute approximate surface area is 242 Å². The molecule has 4 N–H and O–H groups in total. The molecule has 3 unspecified atom stereocenters. The number of piperidine rings is 1. The molecular formula is C27H33Cl2N7O4. The Hall–Kier alpha value is -3.28. The van der Waals surface area contributed by atoms with E-state index in [4.69, 9.17) is 23.2 Å². The number of carbonyl (C=O) groups excluding carboxylic acids is 2. The van der Waals surface area contributed by atoms with E-state index in [1.165, 1.54) is 0 Å². The van der Waals surface area contributed by atoms with Crippen LogP contribution in [0.2, 0.25) is 0 Å². The molecule has 4 atom stereocenters. The molecule has 5 aliphatic rings. The zero-order valence-electron chi connectivity index (χ0n) is 22.1. The lowest BCUT2D eigenvalue weighted by Gasteiger charge is -2.40. The minimum atomic E-state index is -1.22. The molecule has 0 radical (unpaired) electrons. The molecule has 2 amide bonds. The van der Waals surface area contributed by atoms with Crippen molar-refractivity contribution in [2.75, 3.05) is 39.8 Å². The van der Waals surface area contributed by atoms with Crippen LogP contribution in [0.5, 0.6) is 0 Å². The van der Waals surface area contributed by atoms with Crippen molar-refractivity contribution in [2.24, 2.45) is 16.8 Å². The summed E-state index contributed by atoms with van der Waals surface area (Å²) in [6.07, 6.45) is 13.9. The van der Waals surface area contributed by atoms with Gasteiger partial charge >= 0.3 is 5.97 Å². The van der Waals surface area contributed by atoms with Gasteiger partial charge in [-0.1, -0.05) is 35.4 Å². The Morgan fingerprint density at radius 1 is 1.15 bits per heavy atom. The van der Waals surface area contributed by atoms with Crippen molar-refractivity contribution in [2.45, 2.75) is 31.3 Å². The standard InChI is InChI=1S/C27H33Cl2N7O4/c1-30-27(34-8-4-5-9-34)31-14-21(26(39)40)32-24(37)22-19(28)12-16-15-35(11-7-18(16)23(22)29)25(38)20-13-17-6-2-3-10-36(17)33-20/h2-3,6,10,12-13,16,18,20-21,33H,4-5,7-9,11,14-15H2,1H3,(H,30,31)(H,32,37)(H,39,40)/t16?,18?,20?,21-/m0/s1. The number of carboxylic acids is 1. The number of allylic oxidation sites excluding steroid dienone is 4. The summed E-state index contributed by atoms with van der Waals surface area (Å²) in [5, 5.41) is 17.6. The normalized spacial score (nSPS) is 26.7. The minimum Gasteiger partial charge on any atom is -0.480 e. The van der Waals surface area contributed by atoms with Crippen LogP contribution in [0.3, 0.4) is 0 Å². The number of nitrogens with zero attached hydrogens (tertiary/aromatic N) is 4. The van der Waals surface area contributed by atoms with Crippen LogP contribution in [0.25, 0.3) is 0 Å². The van der Waals surface area contributed by atoms with Crippen LogP contribution in [0.1, 0.15) is 19.3 Å². The van der Waals surface area contributed by atoms with Crippen molar-refractivity contribution in [1.82, 2.24) is 30.9 Å². The molecule has 2 fully saturated rings. The zero-order chi connectivity index (χ0) is 28.4. The Balaban J connectivity index is 1.22. The SMILES string of the molecule is C/N=C(/NC[C@H](NC(=O)C1=C(Cl)C2CCN(C(=O)C3C=C4C=CC=CN4N3)CC2C=C1Cl)C(=O)O)N1CCCC1. The fraction of sp³-hybridized carbons (Fsp3) is 0.481. The maximum Gasteiger partial charge on any atom is 0.328 e. The first-order valence-corrected chi connectivity index (χ1v) is 14.2. The van der Waals surface area contributed by atoms with Gasteiger partial charge in [-0.05, 0) is 37.5 Å². The van der Waals surface area contributed by atoms with Crippen LogP contribution in [0, 0.1) is 11.8 Å². The summed E-state index contributed by atoms with van der Waals surface area (Å²) in [5.41, 5.74) is 4.18. The van der Waals surface area contributed by atoms with Gasteiger partial charge in [-0.3, -0.25) is 19.6 Å². The number of likely N-dealkylation sites (tertiary alicyclic amines) is 2. The van der Waals surface area contributed by atoms with E-state index in [2.05, 4.69) is 26.0 Å². The Morgan fingerprint density at radius 2 is 1.93 bits per heavy atom. The third kappa shape index (κ3) is 5.77. The van der Waals surface area contributed by atoms with E-state index in [1.807, 2.05) is 35.5 Å². The molecular weight excluding hydrogens is 557 g/mol. The maximum atomic E-state index is 13.3. The molecule has 2 saturated heterocycles. The van der Waals surface area contributed by atoms with Crippen molar-refractivity contribution >= 4 is 46.9 Å². The van der Waals surface area contributed by atoms with Gasteiger partial charge in [-0.2, -0.15) is 0 Å². The molecule has 0 aromatic rings. The maximum absolute atomic E-state index is 13.3. The van der Waals surface area contributed by atoms with E-state index in [1.54, 1.807) is 18.0 Å². The van der Waals surface area contributed by atoms with Crippen molar-refractivity contribution < 1.29 is 19.5 Å². The van der Waals surface area contributed by atoms with Crippen LogP contribution < -0.4 is 16.1 Å². The quantitative estimate of drug-likeness (QED) is 0.271. The number of carboxylic acid groups (broad SMARTS) is 1. The molecule has 4 heterocycles. The summed E-state index contributed by atoms with van der Waals surface area (Å²) in [7, 11) is 1.64. The second-order valence-electron chi connectivity index (χ2n) is 10.3. The highest BCUT2D eigenvalue weighted by atomic mass is 35.5. The summed E-state index contributed by atoms with van der Waals surface area (Å²) in [6.45, 7) is 2.53. The van der Waals surface area contributed by atoms with Crippen LogP contribution in [0.15, 0.2) is 62.9 Å². The number of hydrogen-bond donors (Lipinski definition) is 4. The number of aliphatic imine (C=N–C) groups is 1. The number of nitrogens with one attached hydrogen (secondary N) is 3. The number of hydrazine groups is 1. The number of hydrogen-bond acceptors (Lipinski definition) is 6. The predicted octanol–water partition coefficient (Wildman–Crippen LogP) is 1.48. The number of fused-ring (bicyclic) bond motifs is 2. The monoisotopic (exact) mass is 589 g/mol. The first-order chi connectivity index (χ1) is 19.3. The second kappa shape index (κ2) is 12.1. The van der Waals surface area contributed by atoms with E-state index >= 15 is 0 Å². The van der Waals surface area contributed by atoms with Crippen molar-refractivity contribution in [3.8, 4) is 0 Å². The molecule has 0 bridgehead atoms. The molecule has 4 aliphatic heterocycles. The Morgan fingerprint density at radius 3 is 2.62 bits per heavy atom. The highest BCUT2D eigenvalue weighted by Crippen LogP contribution is 2.42. The molecule has 1 aliphatic carbocycles. The van der Waals surface area contributed by atoms with Gasteiger partial charge in [-0.15, -0.1) is 0 Å². The summed E-state index contributed by atoms with van der Waals surface area (Å²) < 4.78 is 0. The number of rotatable bonds is 6. The first-order valence-electron chi connectivity index (χ1n) is 13.4. The van der Waals surface area contributed by atoms with Gasteiger partial charge in [-0.25, -0.2) is 10.2 Å². The minimum absolute atomic E-state index is 0.0453.